The van der Waals surface area contributed by atoms with Crippen molar-refractivity contribution in [2.75, 3.05) is 25.6 Å². The number of aromatic nitrogens is 1. The van der Waals surface area contributed by atoms with E-state index in [4.69, 9.17) is 4.74 Å². The number of alkyl halides is 1. The fraction of sp³-hybridized carbons (Fsp3) is 0.235. The molecule has 3 rings (SSSR count). The lowest BCUT2D eigenvalue weighted by Gasteiger charge is -2.08. The van der Waals surface area contributed by atoms with E-state index in [1.807, 2.05) is 43.6 Å². The minimum Gasteiger partial charge on any atom is -0.491 e. The van der Waals surface area contributed by atoms with Gasteiger partial charge in [-0.15, -0.1) is 11.3 Å². The summed E-state index contributed by atoms with van der Waals surface area (Å²) >= 11 is 1.64. The largest absolute Gasteiger partial charge is 0.491 e. The molecule has 6 heteroatoms. The molecule has 1 aromatic carbocycles. The zero-order valence-electron chi connectivity index (χ0n) is 12.6. The highest BCUT2D eigenvalue weighted by atomic mass is 32.1. The van der Waals surface area contributed by atoms with Crippen LogP contribution >= 0.6 is 11.3 Å². The molecule has 0 aliphatic heterocycles. The molecular weight excluding hydrogens is 315 g/mol. The number of benzene rings is 1. The molecule has 0 fully saturated rings. The second-order valence-electron chi connectivity index (χ2n) is 5.11. The Morgan fingerprint density at radius 1 is 1.30 bits per heavy atom. The first-order valence-electron chi connectivity index (χ1n) is 7.24. The van der Waals surface area contributed by atoms with Gasteiger partial charge >= 0.3 is 0 Å². The van der Waals surface area contributed by atoms with Gasteiger partial charge in [-0.3, -0.25) is 0 Å². The Balaban J connectivity index is 1.83. The first-order valence-corrected chi connectivity index (χ1v) is 8.06. The van der Waals surface area contributed by atoms with Gasteiger partial charge in [0.2, 0.25) is 0 Å². The summed E-state index contributed by atoms with van der Waals surface area (Å²) in [5.74, 6) is 1.46. The maximum atomic E-state index is 12.2. The van der Waals surface area contributed by atoms with Crippen molar-refractivity contribution in [3.8, 4) is 16.2 Å². The summed E-state index contributed by atoms with van der Waals surface area (Å²) in [4.78, 5) is 5.45. The number of hydrogen-bond acceptors (Lipinski definition) is 5. The lowest BCUT2D eigenvalue weighted by Crippen LogP contribution is -2.19. The third-order valence-corrected chi connectivity index (χ3v) is 4.56. The summed E-state index contributed by atoms with van der Waals surface area (Å²) in [5, 5.41) is 13.3. The first kappa shape index (κ1) is 15.7. The zero-order valence-corrected chi connectivity index (χ0v) is 13.4. The van der Waals surface area contributed by atoms with Crippen LogP contribution in [-0.4, -0.2) is 36.5 Å². The van der Waals surface area contributed by atoms with E-state index in [9.17, 15) is 9.50 Å². The van der Waals surface area contributed by atoms with Crippen LogP contribution in [0.3, 0.4) is 0 Å². The third-order valence-electron chi connectivity index (χ3n) is 3.42. The summed E-state index contributed by atoms with van der Waals surface area (Å²) in [7, 11) is 1.84. The number of nitrogens with one attached hydrogen (secondary N) is 1. The van der Waals surface area contributed by atoms with Crippen molar-refractivity contribution in [2.24, 2.45) is 0 Å². The highest BCUT2D eigenvalue weighted by Gasteiger charge is 2.08. The Morgan fingerprint density at radius 2 is 2.17 bits per heavy atom. The molecule has 4 nitrogen and oxygen atoms in total. The summed E-state index contributed by atoms with van der Waals surface area (Å²) in [6.45, 7) is -0.851. The SMILES string of the molecule is CNc1ccc(-c2cc3ccc(OC[C@@H](O)CF)cc3s2)cn1. The molecule has 0 aliphatic rings. The fourth-order valence-electron chi connectivity index (χ4n) is 2.17. The second-order valence-corrected chi connectivity index (χ2v) is 6.20. The van der Waals surface area contributed by atoms with Gasteiger partial charge in [0.15, 0.2) is 0 Å². The minimum atomic E-state index is -1.08. The number of rotatable bonds is 6. The van der Waals surface area contributed by atoms with Crippen LogP contribution in [0.4, 0.5) is 10.2 Å². The van der Waals surface area contributed by atoms with Crippen LogP contribution in [0.5, 0.6) is 5.75 Å². The van der Waals surface area contributed by atoms with Gasteiger partial charge in [-0.1, -0.05) is 0 Å². The number of aliphatic hydroxyl groups excluding tert-OH is 1. The molecule has 0 saturated carbocycles. The maximum Gasteiger partial charge on any atom is 0.125 e. The highest BCUT2D eigenvalue weighted by Crippen LogP contribution is 2.35. The van der Waals surface area contributed by atoms with E-state index in [1.165, 1.54) is 0 Å². The quantitative estimate of drug-likeness (QED) is 0.722. The van der Waals surface area contributed by atoms with Gasteiger partial charge < -0.3 is 15.2 Å². The summed E-state index contributed by atoms with van der Waals surface area (Å²) in [5.41, 5.74) is 1.06. The van der Waals surface area contributed by atoms with Crippen molar-refractivity contribution in [3.05, 3.63) is 42.6 Å². The Hall–Kier alpha value is -2.18. The molecule has 1 atom stereocenters. The Bertz CT molecular complexity index is 789. The number of aliphatic hydroxyl groups is 1. The molecule has 0 bridgehead atoms. The average Bonchev–Trinajstić information content (AvgIpc) is 3.03. The maximum absolute atomic E-state index is 12.2. The predicted molar refractivity (Wildman–Crippen MR) is 92.1 cm³/mol. The Labute approximate surface area is 137 Å². The molecule has 23 heavy (non-hydrogen) atoms. The van der Waals surface area contributed by atoms with E-state index in [-0.39, 0.29) is 6.61 Å². The number of nitrogens with zero attached hydrogens (tertiary/aromatic N) is 1. The van der Waals surface area contributed by atoms with Crippen LogP contribution in [0.25, 0.3) is 20.5 Å². The lowest BCUT2D eigenvalue weighted by atomic mass is 10.2. The Kier molecular flexibility index (Phi) is 4.73. The van der Waals surface area contributed by atoms with Gasteiger partial charge in [-0.05, 0) is 41.8 Å². The van der Waals surface area contributed by atoms with Crippen LogP contribution in [0, 0.1) is 0 Å². The molecule has 2 heterocycles. The standard InChI is InChI=1S/C17H17FN2O2S/c1-19-17-5-3-12(9-20-17)15-6-11-2-4-14(7-16(11)23-15)22-10-13(21)8-18/h2-7,9,13,21H,8,10H2,1H3,(H,19,20)/t13-/m0/s1. The van der Waals surface area contributed by atoms with Crippen molar-refractivity contribution in [1.82, 2.24) is 4.98 Å². The highest BCUT2D eigenvalue weighted by molar-refractivity contribution is 7.22. The van der Waals surface area contributed by atoms with E-state index in [0.717, 1.165) is 26.3 Å². The topological polar surface area (TPSA) is 54.4 Å². The number of ether oxygens (including phenoxy) is 1. The molecule has 3 aromatic rings. The fourth-order valence-corrected chi connectivity index (χ4v) is 3.25. The summed E-state index contributed by atoms with van der Waals surface area (Å²) < 4.78 is 18.7. The monoisotopic (exact) mass is 332 g/mol. The average molecular weight is 332 g/mol. The first-order chi connectivity index (χ1) is 11.2. The van der Waals surface area contributed by atoms with Crippen molar-refractivity contribution in [3.63, 3.8) is 0 Å². The summed E-state index contributed by atoms with van der Waals surface area (Å²) in [6, 6.07) is 11.8. The van der Waals surface area contributed by atoms with Crippen molar-refractivity contribution >= 4 is 27.2 Å². The van der Waals surface area contributed by atoms with Crippen molar-refractivity contribution in [2.45, 2.75) is 6.10 Å². The third kappa shape index (κ3) is 3.60. The molecule has 0 spiro atoms. The van der Waals surface area contributed by atoms with Gasteiger partial charge in [0.1, 0.15) is 31.0 Å². The van der Waals surface area contributed by atoms with Crippen LogP contribution in [0.1, 0.15) is 0 Å². The molecule has 0 unspecified atom stereocenters. The Morgan fingerprint density at radius 3 is 2.87 bits per heavy atom. The zero-order chi connectivity index (χ0) is 16.2. The number of fused-ring (bicyclic) bond motifs is 1. The van der Waals surface area contributed by atoms with Gasteiger partial charge in [0, 0.05) is 28.4 Å². The van der Waals surface area contributed by atoms with Gasteiger partial charge in [0.05, 0.1) is 0 Å². The molecule has 0 saturated heterocycles. The molecule has 2 aromatic heterocycles. The number of hydrogen-bond donors (Lipinski definition) is 2. The molecule has 0 amide bonds. The number of thiophene rings is 1. The van der Waals surface area contributed by atoms with E-state index in [1.54, 1.807) is 11.3 Å². The molecule has 0 radical (unpaired) electrons. The van der Waals surface area contributed by atoms with Crippen LogP contribution in [0.15, 0.2) is 42.6 Å². The lowest BCUT2D eigenvalue weighted by molar-refractivity contribution is 0.0842. The molecule has 2 N–H and O–H groups in total. The van der Waals surface area contributed by atoms with E-state index in [2.05, 4.69) is 16.4 Å². The smallest absolute Gasteiger partial charge is 0.125 e. The van der Waals surface area contributed by atoms with Crippen molar-refractivity contribution in [1.29, 1.82) is 0 Å². The minimum absolute atomic E-state index is 0.0460. The van der Waals surface area contributed by atoms with Gasteiger partial charge in [-0.25, -0.2) is 9.37 Å². The number of pyridine rings is 1. The molecular formula is C17H17FN2O2S. The van der Waals surface area contributed by atoms with Gasteiger partial charge in [-0.2, -0.15) is 0 Å². The van der Waals surface area contributed by atoms with Crippen LogP contribution in [-0.2, 0) is 0 Å². The predicted octanol–water partition coefficient (Wildman–Crippen LogP) is 3.71. The summed E-state index contributed by atoms with van der Waals surface area (Å²) in [6.07, 6.45) is 0.757. The number of anilines is 1. The van der Waals surface area contributed by atoms with Crippen LogP contribution in [0.2, 0.25) is 0 Å². The van der Waals surface area contributed by atoms with Crippen molar-refractivity contribution < 1.29 is 14.2 Å². The van der Waals surface area contributed by atoms with Crippen LogP contribution < -0.4 is 10.1 Å². The van der Waals surface area contributed by atoms with Gasteiger partial charge in [0.25, 0.3) is 0 Å². The normalized spacial score (nSPS) is 12.3. The van der Waals surface area contributed by atoms with E-state index >= 15 is 0 Å². The molecule has 0 aliphatic carbocycles. The van der Waals surface area contributed by atoms with E-state index < -0.39 is 12.8 Å². The van der Waals surface area contributed by atoms with E-state index in [0.29, 0.717) is 5.75 Å². The number of halogens is 1. The molecule has 120 valence electrons. The second kappa shape index (κ2) is 6.93.